The molecule has 19 heavy (non-hydrogen) atoms. The summed E-state index contributed by atoms with van der Waals surface area (Å²) in [5, 5.41) is 17.6. The molecule has 1 aliphatic rings. The van der Waals surface area contributed by atoms with Gasteiger partial charge in [-0.1, -0.05) is 19.3 Å². The predicted octanol–water partition coefficient (Wildman–Crippen LogP) is 1.36. The zero-order chi connectivity index (χ0) is 14.5. The van der Waals surface area contributed by atoms with Crippen LogP contribution in [0.15, 0.2) is 0 Å². The molecule has 0 saturated heterocycles. The van der Waals surface area contributed by atoms with Gasteiger partial charge in [0.2, 0.25) is 0 Å². The summed E-state index contributed by atoms with van der Waals surface area (Å²) in [4.78, 5) is 42.8. The van der Waals surface area contributed by atoms with E-state index in [2.05, 4.69) is 4.89 Å². The highest BCUT2D eigenvalue weighted by molar-refractivity contribution is 6.01. The maximum absolute atomic E-state index is 11.7. The van der Waals surface area contributed by atoms with E-state index in [1.54, 1.807) is 0 Å². The Kier molecular flexibility index (Phi) is 5.29. The highest BCUT2D eigenvalue weighted by Gasteiger charge is 2.46. The fourth-order valence-corrected chi connectivity index (χ4v) is 1.90. The Morgan fingerprint density at radius 3 is 2.21 bits per heavy atom. The summed E-state index contributed by atoms with van der Waals surface area (Å²) in [6.45, 7) is 1.01. The highest BCUT2D eigenvalue weighted by Crippen LogP contribution is 2.26. The summed E-state index contributed by atoms with van der Waals surface area (Å²) in [5.41, 5.74) is -2.14. The molecule has 1 fully saturated rings. The molecular formula is C12H18O7. The average Bonchev–Trinajstić information content (AvgIpc) is 2.36. The zero-order valence-corrected chi connectivity index (χ0v) is 10.8. The van der Waals surface area contributed by atoms with Crippen molar-refractivity contribution in [2.45, 2.75) is 51.6 Å². The predicted molar refractivity (Wildman–Crippen MR) is 62.0 cm³/mol. The highest BCUT2D eigenvalue weighted by atomic mass is 17.2. The first-order chi connectivity index (χ1) is 8.86. The van der Waals surface area contributed by atoms with Crippen molar-refractivity contribution in [3.05, 3.63) is 0 Å². The number of hydrogen-bond donors (Lipinski definition) is 2. The van der Waals surface area contributed by atoms with Gasteiger partial charge >= 0.3 is 17.9 Å². The number of carbonyl (C=O) groups is 3. The van der Waals surface area contributed by atoms with Crippen LogP contribution in [0.25, 0.3) is 0 Å². The second-order valence-corrected chi connectivity index (χ2v) is 4.93. The summed E-state index contributed by atoms with van der Waals surface area (Å²) in [6, 6.07) is 0. The van der Waals surface area contributed by atoms with Crippen LogP contribution in [0.4, 0.5) is 0 Å². The van der Waals surface area contributed by atoms with Crippen molar-refractivity contribution < 1.29 is 34.4 Å². The molecule has 1 saturated carbocycles. The van der Waals surface area contributed by atoms with Crippen molar-refractivity contribution in [3.8, 4) is 0 Å². The Morgan fingerprint density at radius 1 is 1.16 bits per heavy atom. The minimum atomic E-state index is -2.14. The lowest BCUT2D eigenvalue weighted by atomic mass is 9.87. The standard InChI is InChI=1S/C12H18O7/c1-12(10(15)16,7-9(13)14)11(17)19-18-8-5-3-2-4-6-8/h8H,2-7H2,1H3,(H,13,14)(H,15,16). The normalized spacial score (nSPS) is 19.4. The molecular weight excluding hydrogens is 256 g/mol. The molecule has 7 nitrogen and oxygen atoms in total. The molecule has 1 rings (SSSR count). The second kappa shape index (κ2) is 6.51. The molecule has 0 aromatic rings. The lowest BCUT2D eigenvalue weighted by Gasteiger charge is -2.23. The molecule has 0 aliphatic heterocycles. The van der Waals surface area contributed by atoms with E-state index in [4.69, 9.17) is 15.1 Å². The lowest BCUT2D eigenvalue weighted by molar-refractivity contribution is -0.308. The quantitative estimate of drug-likeness (QED) is 0.427. The van der Waals surface area contributed by atoms with E-state index in [0.717, 1.165) is 39.0 Å². The van der Waals surface area contributed by atoms with E-state index >= 15 is 0 Å². The topological polar surface area (TPSA) is 110 Å². The van der Waals surface area contributed by atoms with Gasteiger partial charge in [-0.15, -0.1) is 0 Å². The monoisotopic (exact) mass is 274 g/mol. The summed E-state index contributed by atoms with van der Waals surface area (Å²) in [7, 11) is 0. The lowest BCUT2D eigenvalue weighted by Crippen LogP contribution is -2.40. The molecule has 0 aromatic carbocycles. The van der Waals surface area contributed by atoms with E-state index in [1.807, 2.05) is 0 Å². The van der Waals surface area contributed by atoms with Gasteiger partial charge in [-0.25, -0.2) is 4.79 Å². The van der Waals surface area contributed by atoms with E-state index in [9.17, 15) is 14.4 Å². The van der Waals surface area contributed by atoms with Crippen LogP contribution < -0.4 is 0 Å². The van der Waals surface area contributed by atoms with E-state index in [1.165, 1.54) is 0 Å². The van der Waals surface area contributed by atoms with Gasteiger partial charge in [-0.05, 0) is 19.8 Å². The van der Waals surface area contributed by atoms with Crippen LogP contribution >= 0.6 is 0 Å². The second-order valence-electron chi connectivity index (χ2n) is 4.93. The Morgan fingerprint density at radius 2 is 1.74 bits per heavy atom. The Hall–Kier alpha value is -1.63. The first kappa shape index (κ1) is 15.4. The van der Waals surface area contributed by atoms with Crippen LogP contribution in [0.1, 0.15) is 45.4 Å². The molecule has 0 bridgehead atoms. The van der Waals surface area contributed by atoms with Gasteiger partial charge < -0.3 is 10.2 Å². The molecule has 1 aliphatic carbocycles. The molecule has 2 N–H and O–H groups in total. The number of hydrogen-bond acceptors (Lipinski definition) is 5. The van der Waals surface area contributed by atoms with Crippen molar-refractivity contribution in [1.29, 1.82) is 0 Å². The van der Waals surface area contributed by atoms with Crippen molar-refractivity contribution in [1.82, 2.24) is 0 Å². The van der Waals surface area contributed by atoms with Crippen LogP contribution in [-0.2, 0) is 24.2 Å². The molecule has 0 amide bonds. The van der Waals surface area contributed by atoms with Gasteiger partial charge in [0.25, 0.3) is 0 Å². The molecule has 0 heterocycles. The average molecular weight is 274 g/mol. The van der Waals surface area contributed by atoms with E-state index in [-0.39, 0.29) is 6.10 Å². The van der Waals surface area contributed by atoms with Gasteiger partial charge in [-0.2, -0.15) is 4.89 Å². The van der Waals surface area contributed by atoms with E-state index < -0.39 is 29.7 Å². The van der Waals surface area contributed by atoms with Crippen molar-refractivity contribution in [2.75, 3.05) is 0 Å². The number of rotatable bonds is 6. The fourth-order valence-electron chi connectivity index (χ4n) is 1.90. The van der Waals surface area contributed by atoms with Crippen molar-refractivity contribution in [3.63, 3.8) is 0 Å². The van der Waals surface area contributed by atoms with Crippen LogP contribution in [-0.4, -0.2) is 34.2 Å². The number of carbonyl (C=O) groups excluding carboxylic acids is 1. The maximum Gasteiger partial charge on any atom is 0.359 e. The van der Waals surface area contributed by atoms with Gasteiger partial charge in [0.15, 0.2) is 5.41 Å². The number of aliphatic carboxylic acids is 2. The molecule has 7 heteroatoms. The number of carboxylic acids is 2. The molecule has 0 aromatic heterocycles. The maximum atomic E-state index is 11.7. The number of carboxylic acid groups (broad SMARTS) is 2. The minimum Gasteiger partial charge on any atom is -0.481 e. The Bertz CT molecular complexity index is 359. The van der Waals surface area contributed by atoms with Crippen LogP contribution in [0.3, 0.4) is 0 Å². The summed E-state index contributed by atoms with van der Waals surface area (Å²) in [6.07, 6.45) is 3.43. The molecule has 0 spiro atoms. The minimum absolute atomic E-state index is 0.236. The van der Waals surface area contributed by atoms with Crippen molar-refractivity contribution >= 4 is 17.9 Å². The van der Waals surface area contributed by atoms with E-state index in [0.29, 0.717) is 0 Å². The smallest absolute Gasteiger partial charge is 0.359 e. The van der Waals surface area contributed by atoms with Crippen LogP contribution in [0.5, 0.6) is 0 Å². The summed E-state index contributed by atoms with van der Waals surface area (Å²) >= 11 is 0. The van der Waals surface area contributed by atoms with Crippen molar-refractivity contribution in [2.24, 2.45) is 5.41 Å². The fraction of sp³-hybridized carbons (Fsp3) is 0.750. The largest absolute Gasteiger partial charge is 0.481 e. The van der Waals surface area contributed by atoms with Gasteiger partial charge in [-0.3, -0.25) is 14.5 Å². The third-order valence-electron chi connectivity index (χ3n) is 3.24. The van der Waals surface area contributed by atoms with Gasteiger partial charge in [0, 0.05) is 0 Å². The van der Waals surface area contributed by atoms with Crippen LogP contribution in [0.2, 0.25) is 0 Å². The first-order valence-corrected chi connectivity index (χ1v) is 6.19. The van der Waals surface area contributed by atoms with Gasteiger partial charge in [0.1, 0.15) is 6.10 Å². The summed E-state index contributed by atoms with van der Waals surface area (Å²) < 4.78 is 0. The molecule has 0 radical (unpaired) electrons. The van der Waals surface area contributed by atoms with Gasteiger partial charge in [0.05, 0.1) is 6.42 Å². The zero-order valence-electron chi connectivity index (χ0n) is 10.8. The summed E-state index contributed by atoms with van der Waals surface area (Å²) in [5.74, 6) is -4.13. The Labute approximate surface area is 110 Å². The molecule has 1 unspecified atom stereocenters. The SMILES string of the molecule is CC(CC(=O)O)(C(=O)O)C(=O)OOC1CCCCC1. The third kappa shape index (κ3) is 4.20. The third-order valence-corrected chi connectivity index (χ3v) is 3.24. The first-order valence-electron chi connectivity index (χ1n) is 6.19. The van der Waals surface area contributed by atoms with Crippen LogP contribution in [0, 0.1) is 5.41 Å². The Balaban J connectivity index is 2.56. The molecule has 108 valence electrons. The molecule has 1 atom stereocenters.